The first-order valence-electron chi connectivity index (χ1n) is 6.75. The third-order valence-electron chi connectivity index (χ3n) is 3.77. The number of nitrogens with two attached hydrogens (primary N) is 1. The number of nitro benzene ring substituents is 1. The first kappa shape index (κ1) is 14.3. The summed E-state index contributed by atoms with van der Waals surface area (Å²) in [5, 5.41) is 20.2. The van der Waals surface area contributed by atoms with Crippen molar-refractivity contribution >= 4 is 11.4 Å². The maximum atomic E-state index is 11.2. The highest BCUT2D eigenvalue weighted by atomic mass is 16.6. The summed E-state index contributed by atoms with van der Waals surface area (Å²) >= 11 is 0. The van der Waals surface area contributed by atoms with Gasteiger partial charge in [-0.3, -0.25) is 10.1 Å². The minimum absolute atomic E-state index is 0.0385. The van der Waals surface area contributed by atoms with E-state index in [4.69, 9.17) is 11.0 Å². The summed E-state index contributed by atoms with van der Waals surface area (Å²) in [5.74, 6) is 0. The van der Waals surface area contributed by atoms with Gasteiger partial charge in [0.25, 0.3) is 5.69 Å². The van der Waals surface area contributed by atoms with Gasteiger partial charge in [-0.15, -0.1) is 0 Å². The predicted octanol–water partition coefficient (Wildman–Crippen LogP) is 2.17. The van der Waals surface area contributed by atoms with E-state index in [9.17, 15) is 10.1 Å². The van der Waals surface area contributed by atoms with E-state index in [-0.39, 0.29) is 17.8 Å². The summed E-state index contributed by atoms with van der Waals surface area (Å²) in [5.41, 5.74) is 6.99. The maximum Gasteiger partial charge on any atom is 0.292 e. The van der Waals surface area contributed by atoms with E-state index in [0.29, 0.717) is 11.3 Å². The normalized spacial score (nSPS) is 20.2. The Kier molecular flexibility index (Phi) is 4.20. The number of rotatable bonds is 3. The molecular formula is C14H18N4O2. The fourth-order valence-electron chi connectivity index (χ4n) is 2.78. The molecule has 2 atom stereocenters. The molecule has 0 amide bonds. The van der Waals surface area contributed by atoms with Gasteiger partial charge >= 0.3 is 0 Å². The molecule has 0 bridgehead atoms. The van der Waals surface area contributed by atoms with Crippen LogP contribution in [0.15, 0.2) is 18.2 Å². The molecule has 6 heteroatoms. The molecule has 2 rings (SSSR count). The zero-order chi connectivity index (χ0) is 14.7. The van der Waals surface area contributed by atoms with Crippen molar-refractivity contribution in [3.63, 3.8) is 0 Å². The quantitative estimate of drug-likeness (QED) is 0.673. The van der Waals surface area contributed by atoms with Crippen LogP contribution >= 0.6 is 0 Å². The molecule has 1 aromatic rings. The molecule has 1 saturated heterocycles. The smallest absolute Gasteiger partial charge is 0.292 e. The van der Waals surface area contributed by atoms with Gasteiger partial charge in [0, 0.05) is 24.7 Å². The molecule has 2 N–H and O–H groups in total. The fraction of sp³-hybridized carbons (Fsp3) is 0.500. The van der Waals surface area contributed by atoms with E-state index in [1.165, 1.54) is 12.1 Å². The van der Waals surface area contributed by atoms with Crippen molar-refractivity contribution in [2.45, 2.75) is 38.3 Å². The molecule has 0 saturated carbocycles. The van der Waals surface area contributed by atoms with Crippen molar-refractivity contribution in [2.24, 2.45) is 5.73 Å². The van der Waals surface area contributed by atoms with Crippen LogP contribution in [0.2, 0.25) is 0 Å². The fourth-order valence-corrected chi connectivity index (χ4v) is 2.78. The number of benzene rings is 1. The second-order valence-corrected chi connectivity index (χ2v) is 5.19. The maximum absolute atomic E-state index is 11.2. The van der Waals surface area contributed by atoms with Gasteiger partial charge in [0.05, 0.1) is 16.6 Å². The lowest BCUT2D eigenvalue weighted by molar-refractivity contribution is -0.384. The average molecular weight is 274 g/mol. The van der Waals surface area contributed by atoms with Gasteiger partial charge in [-0.25, -0.2) is 0 Å². The van der Waals surface area contributed by atoms with Gasteiger partial charge in [0.1, 0.15) is 5.69 Å². The van der Waals surface area contributed by atoms with Crippen molar-refractivity contribution < 1.29 is 4.92 Å². The molecule has 2 unspecified atom stereocenters. The largest absolute Gasteiger partial charge is 0.361 e. The lowest BCUT2D eigenvalue weighted by Gasteiger charge is -2.39. The Bertz CT molecular complexity index is 551. The van der Waals surface area contributed by atoms with Crippen molar-refractivity contribution in [3.05, 3.63) is 33.9 Å². The molecule has 0 spiro atoms. The molecule has 0 radical (unpaired) electrons. The van der Waals surface area contributed by atoms with Crippen LogP contribution in [0.25, 0.3) is 0 Å². The van der Waals surface area contributed by atoms with Crippen molar-refractivity contribution in [1.29, 1.82) is 5.26 Å². The number of piperidine rings is 1. The molecule has 1 aliphatic rings. The molecule has 20 heavy (non-hydrogen) atoms. The number of nitrogens with zero attached hydrogens (tertiary/aromatic N) is 3. The topological polar surface area (TPSA) is 96.2 Å². The van der Waals surface area contributed by atoms with Crippen LogP contribution in [0.1, 0.15) is 31.7 Å². The minimum atomic E-state index is -0.399. The van der Waals surface area contributed by atoms with Gasteiger partial charge in [-0.1, -0.05) is 0 Å². The van der Waals surface area contributed by atoms with E-state index < -0.39 is 4.92 Å². The lowest BCUT2D eigenvalue weighted by Crippen LogP contribution is -2.49. The molecular weight excluding hydrogens is 256 g/mol. The highest BCUT2D eigenvalue weighted by Gasteiger charge is 2.30. The highest BCUT2D eigenvalue weighted by molar-refractivity contribution is 5.66. The zero-order valence-electron chi connectivity index (χ0n) is 11.5. The van der Waals surface area contributed by atoms with Crippen LogP contribution in [-0.4, -0.2) is 23.6 Å². The van der Waals surface area contributed by atoms with Crippen molar-refractivity contribution in [1.82, 2.24) is 0 Å². The number of hydrogen-bond donors (Lipinski definition) is 1. The van der Waals surface area contributed by atoms with Gasteiger partial charge in [0.2, 0.25) is 0 Å². The van der Waals surface area contributed by atoms with E-state index >= 15 is 0 Å². The summed E-state index contributed by atoms with van der Waals surface area (Å²) < 4.78 is 0. The Morgan fingerprint density at radius 1 is 1.55 bits per heavy atom. The molecule has 1 heterocycles. The SMILES string of the molecule is CC(N)C1CCCCN1c1cc(C#N)ccc1[N+](=O)[O-]. The van der Waals surface area contributed by atoms with E-state index in [1.807, 2.05) is 17.9 Å². The molecule has 0 aliphatic carbocycles. The van der Waals surface area contributed by atoms with E-state index in [2.05, 4.69) is 0 Å². The molecule has 106 valence electrons. The summed E-state index contributed by atoms with van der Waals surface area (Å²) in [6.07, 6.45) is 2.98. The van der Waals surface area contributed by atoms with Crippen LogP contribution in [0.3, 0.4) is 0 Å². The Hall–Kier alpha value is -2.13. The summed E-state index contributed by atoms with van der Waals surface area (Å²) in [7, 11) is 0. The zero-order valence-corrected chi connectivity index (χ0v) is 11.5. The number of hydrogen-bond acceptors (Lipinski definition) is 5. The molecule has 1 fully saturated rings. The third-order valence-corrected chi connectivity index (χ3v) is 3.77. The van der Waals surface area contributed by atoms with Gasteiger partial charge in [-0.2, -0.15) is 5.26 Å². The van der Waals surface area contributed by atoms with Crippen LogP contribution in [-0.2, 0) is 0 Å². The van der Waals surface area contributed by atoms with Crippen LogP contribution in [0, 0.1) is 21.4 Å². The van der Waals surface area contributed by atoms with Gasteiger partial charge in [-0.05, 0) is 38.3 Å². The van der Waals surface area contributed by atoms with E-state index in [0.717, 1.165) is 25.8 Å². The third kappa shape index (κ3) is 2.73. The monoisotopic (exact) mass is 274 g/mol. The summed E-state index contributed by atoms with van der Waals surface area (Å²) in [4.78, 5) is 12.8. The summed E-state index contributed by atoms with van der Waals surface area (Å²) in [6.45, 7) is 2.66. The number of nitro groups is 1. The van der Waals surface area contributed by atoms with Crippen LogP contribution in [0.4, 0.5) is 11.4 Å². The predicted molar refractivity (Wildman–Crippen MR) is 76.4 cm³/mol. The second kappa shape index (κ2) is 5.88. The minimum Gasteiger partial charge on any atom is -0.361 e. The number of anilines is 1. The van der Waals surface area contributed by atoms with Gasteiger partial charge < -0.3 is 10.6 Å². The highest BCUT2D eigenvalue weighted by Crippen LogP contribution is 2.34. The lowest BCUT2D eigenvalue weighted by atomic mass is 9.95. The van der Waals surface area contributed by atoms with Crippen molar-refractivity contribution in [3.8, 4) is 6.07 Å². The average Bonchev–Trinajstić information content (AvgIpc) is 2.46. The standard InChI is InChI=1S/C14H18N4O2/c1-10(16)12-4-2-3-7-17(12)14-8-11(9-15)5-6-13(14)18(19)20/h5-6,8,10,12H,2-4,7,16H2,1H3. The molecule has 0 aromatic heterocycles. The Morgan fingerprint density at radius 3 is 2.90 bits per heavy atom. The first-order valence-corrected chi connectivity index (χ1v) is 6.75. The number of nitriles is 1. The molecule has 1 aliphatic heterocycles. The Balaban J connectivity index is 2.48. The summed E-state index contributed by atoms with van der Waals surface area (Å²) in [6, 6.07) is 6.53. The molecule has 1 aromatic carbocycles. The second-order valence-electron chi connectivity index (χ2n) is 5.19. The Morgan fingerprint density at radius 2 is 2.30 bits per heavy atom. The van der Waals surface area contributed by atoms with Gasteiger partial charge in [0.15, 0.2) is 0 Å². The Labute approximate surface area is 117 Å². The van der Waals surface area contributed by atoms with Crippen LogP contribution in [0.5, 0.6) is 0 Å². The van der Waals surface area contributed by atoms with E-state index in [1.54, 1.807) is 6.07 Å². The molecule has 6 nitrogen and oxygen atoms in total. The first-order chi connectivity index (χ1) is 9.54. The van der Waals surface area contributed by atoms with Crippen LogP contribution < -0.4 is 10.6 Å². The van der Waals surface area contributed by atoms with Crippen molar-refractivity contribution in [2.75, 3.05) is 11.4 Å².